The molecule has 0 aliphatic rings. The van der Waals surface area contributed by atoms with Crippen LogP contribution in [0.15, 0.2) is 60.7 Å². The third kappa shape index (κ3) is 4.74. The lowest BCUT2D eigenvalue weighted by Gasteiger charge is -2.27. The number of hydrogen-bond donors (Lipinski definition) is 1. The molecular weight excluding hydrogens is 348 g/mol. The Bertz CT molecular complexity index is 954. The summed E-state index contributed by atoms with van der Waals surface area (Å²) in [7, 11) is 0. The number of nitrogens with one attached hydrogen (secondary N) is 1. The largest absolute Gasteiger partial charge is 0.334 e. The number of para-hydroxylation sites is 1. The van der Waals surface area contributed by atoms with Gasteiger partial charge in [0.1, 0.15) is 5.69 Å². The van der Waals surface area contributed by atoms with Crippen molar-refractivity contribution in [3.8, 4) is 0 Å². The van der Waals surface area contributed by atoms with Gasteiger partial charge >= 0.3 is 0 Å². The summed E-state index contributed by atoms with van der Waals surface area (Å²) in [5, 5.41) is 2.95. The van der Waals surface area contributed by atoms with Gasteiger partial charge in [-0.15, -0.1) is 0 Å². The minimum Gasteiger partial charge on any atom is -0.334 e. The van der Waals surface area contributed by atoms with Crippen LogP contribution in [0.25, 0.3) is 0 Å². The Balaban J connectivity index is 1.88. The van der Waals surface area contributed by atoms with Gasteiger partial charge in [-0.05, 0) is 51.0 Å². The summed E-state index contributed by atoms with van der Waals surface area (Å²) in [5.41, 5.74) is 4.10. The van der Waals surface area contributed by atoms with Crippen LogP contribution in [0.3, 0.4) is 0 Å². The molecule has 0 fully saturated rings. The monoisotopic (exact) mass is 374 g/mol. The highest BCUT2D eigenvalue weighted by molar-refractivity contribution is 6.03. The van der Waals surface area contributed by atoms with Gasteiger partial charge < -0.3 is 10.2 Å². The molecule has 1 amide bonds. The number of hydrogen-bond acceptors (Lipinski definition) is 4. The molecule has 3 aromatic rings. The van der Waals surface area contributed by atoms with E-state index < -0.39 is 0 Å². The molecule has 0 aliphatic heterocycles. The van der Waals surface area contributed by atoms with Crippen LogP contribution in [-0.4, -0.2) is 21.9 Å². The fraction of sp³-hybridized carbons (Fsp3) is 0.261. The number of carbonyl (C=O) groups is 1. The molecule has 0 aliphatic carbocycles. The number of anilines is 2. The third-order valence-corrected chi connectivity index (χ3v) is 4.54. The lowest BCUT2D eigenvalue weighted by Crippen LogP contribution is -2.32. The number of rotatable bonds is 6. The Morgan fingerprint density at radius 1 is 1.00 bits per heavy atom. The number of aromatic nitrogens is 2. The minimum absolute atomic E-state index is 0.189. The maximum atomic E-state index is 12.8. The average molecular weight is 374 g/mol. The fourth-order valence-electron chi connectivity index (χ4n) is 2.96. The number of benzene rings is 2. The highest BCUT2D eigenvalue weighted by Gasteiger charge is 2.18. The quantitative estimate of drug-likeness (QED) is 0.676. The van der Waals surface area contributed by atoms with Crippen molar-refractivity contribution in [2.75, 3.05) is 10.2 Å². The van der Waals surface area contributed by atoms with Crippen LogP contribution in [0.1, 0.15) is 41.2 Å². The van der Waals surface area contributed by atoms with E-state index in [-0.39, 0.29) is 11.9 Å². The van der Waals surface area contributed by atoms with Crippen LogP contribution in [0.2, 0.25) is 0 Å². The Kier molecular flexibility index (Phi) is 6.04. The summed E-state index contributed by atoms with van der Waals surface area (Å²) in [6, 6.07) is 19.8. The second-order valence-corrected chi connectivity index (χ2v) is 7.17. The molecule has 2 aromatic carbocycles. The van der Waals surface area contributed by atoms with Crippen LogP contribution in [-0.2, 0) is 6.54 Å². The molecular formula is C23H26N4O. The van der Waals surface area contributed by atoms with Crippen LogP contribution < -0.4 is 10.2 Å². The summed E-state index contributed by atoms with van der Waals surface area (Å²) >= 11 is 0. The first-order valence-corrected chi connectivity index (χ1v) is 9.47. The maximum Gasteiger partial charge on any atom is 0.274 e. The zero-order valence-electron chi connectivity index (χ0n) is 16.8. The molecule has 5 heteroatoms. The van der Waals surface area contributed by atoms with E-state index >= 15 is 0 Å². The van der Waals surface area contributed by atoms with Crippen molar-refractivity contribution >= 4 is 17.5 Å². The predicted octanol–water partition coefficient (Wildman–Crippen LogP) is 4.76. The van der Waals surface area contributed by atoms with Crippen molar-refractivity contribution < 1.29 is 4.79 Å². The van der Waals surface area contributed by atoms with Gasteiger partial charge in [0.05, 0.1) is 0 Å². The van der Waals surface area contributed by atoms with Crippen LogP contribution >= 0.6 is 0 Å². The molecule has 0 bridgehead atoms. The van der Waals surface area contributed by atoms with Gasteiger partial charge in [0.15, 0.2) is 0 Å². The zero-order chi connectivity index (χ0) is 20.1. The second-order valence-electron chi connectivity index (χ2n) is 7.17. The minimum atomic E-state index is -0.232. The molecule has 0 saturated heterocycles. The van der Waals surface area contributed by atoms with E-state index in [1.165, 1.54) is 5.56 Å². The lowest BCUT2D eigenvalue weighted by atomic mass is 10.2. The molecule has 3 rings (SSSR count). The van der Waals surface area contributed by atoms with E-state index in [0.717, 1.165) is 16.9 Å². The van der Waals surface area contributed by atoms with Crippen molar-refractivity contribution in [2.45, 2.75) is 40.3 Å². The van der Waals surface area contributed by atoms with Gasteiger partial charge in [-0.1, -0.05) is 48.5 Å². The summed E-state index contributed by atoms with van der Waals surface area (Å²) in [6.45, 7) is 8.73. The normalized spacial score (nSPS) is 10.8. The molecule has 1 N–H and O–H groups in total. The topological polar surface area (TPSA) is 58.1 Å². The van der Waals surface area contributed by atoms with Crippen LogP contribution in [0, 0.1) is 13.8 Å². The van der Waals surface area contributed by atoms with E-state index in [4.69, 9.17) is 0 Å². The average Bonchev–Trinajstić information content (AvgIpc) is 2.68. The molecule has 0 atom stereocenters. The summed E-state index contributed by atoms with van der Waals surface area (Å²) < 4.78 is 0. The number of aryl methyl sites for hydroxylation is 2. The van der Waals surface area contributed by atoms with E-state index in [1.807, 2.05) is 56.3 Å². The van der Waals surface area contributed by atoms with Crippen molar-refractivity contribution in [1.29, 1.82) is 0 Å². The number of amides is 1. The Morgan fingerprint density at radius 2 is 1.68 bits per heavy atom. The first-order chi connectivity index (χ1) is 13.4. The van der Waals surface area contributed by atoms with Crippen molar-refractivity contribution in [3.05, 3.63) is 83.2 Å². The number of carbonyl (C=O) groups excluding carboxylic acids is 1. The molecule has 0 spiro atoms. The van der Waals surface area contributed by atoms with Crippen LogP contribution in [0.4, 0.5) is 11.6 Å². The van der Waals surface area contributed by atoms with Gasteiger partial charge in [-0.25, -0.2) is 9.97 Å². The molecule has 0 radical (unpaired) electrons. The van der Waals surface area contributed by atoms with E-state index in [2.05, 4.69) is 46.2 Å². The van der Waals surface area contributed by atoms with Crippen molar-refractivity contribution in [2.24, 2.45) is 0 Å². The highest BCUT2D eigenvalue weighted by Crippen LogP contribution is 2.19. The second kappa shape index (κ2) is 8.65. The van der Waals surface area contributed by atoms with E-state index in [0.29, 0.717) is 18.2 Å². The fourth-order valence-corrected chi connectivity index (χ4v) is 2.96. The van der Waals surface area contributed by atoms with Gasteiger partial charge in [0, 0.05) is 24.0 Å². The molecule has 0 unspecified atom stereocenters. The van der Waals surface area contributed by atoms with Gasteiger partial charge in [-0.3, -0.25) is 4.79 Å². The van der Waals surface area contributed by atoms with Gasteiger partial charge in [-0.2, -0.15) is 0 Å². The van der Waals surface area contributed by atoms with Crippen molar-refractivity contribution in [1.82, 2.24) is 9.97 Å². The van der Waals surface area contributed by atoms with E-state index in [1.54, 1.807) is 6.07 Å². The first-order valence-electron chi connectivity index (χ1n) is 9.47. The molecule has 0 saturated carbocycles. The molecule has 144 valence electrons. The Labute approximate surface area is 166 Å². The molecule has 1 heterocycles. The molecule has 5 nitrogen and oxygen atoms in total. The zero-order valence-corrected chi connectivity index (χ0v) is 16.8. The highest BCUT2D eigenvalue weighted by atomic mass is 16.1. The molecule has 1 aromatic heterocycles. The predicted molar refractivity (Wildman–Crippen MR) is 114 cm³/mol. The number of nitrogens with zero attached hydrogens (tertiary/aromatic N) is 3. The summed E-state index contributed by atoms with van der Waals surface area (Å²) in [4.78, 5) is 24.1. The molecule has 28 heavy (non-hydrogen) atoms. The smallest absolute Gasteiger partial charge is 0.274 e. The summed E-state index contributed by atoms with van der Waals surface area (Å²) in [5.74, 6) is 0.332. The van der Waals surface area contributed by atoms with Crippen molar-refractivity contribution in [3.63, 3.8) is 0 Å². The van der Waals surface area contributed by atoms with Gasteiger partial charge in [0.2, 0.25) is 5.95 Å². The van der Waals surface area contributed by atoms with E-state index in [9.17, 15) is 4.79 Å². The Hall–Kier alpha value is -3.21. The maximum absolute atomic E-state index is 12.8. The summed E-state index contributed by atoms with van der Waals surface area (Å²) in [6.07, 6.45) is 0. The van der Waals surface area contributed by atoms with Crippen LogP contribution in [0.5, 0.6) is 0 Å². The SMILES string of the molecule is Cc1cc(C(=O)Nc2ccccc2C)nc(N(Cc2ccccc2)C(C)C)n1. The standard InChI is InChI=1S/C23H26N4O/c1-16(2)27(15-19-11-6-5-7-12-19)23-24-18(4)14-21(26-23)22(28)25-20-13-9-8-10-17(20)3/h5-14,16H,15H2,1-4H3,(H,25,28). The first kappa shape index (κ1) is 19.5. The Morgan fingerprint density at radius 3 is 2.36 bits per heavy atom. The third-order valence-electron chi connectivity index (χ3n) is 4.54. The van der Waals surface area contributed by atoms with Gasteiger partial charge in [0.25, 0.3) is 5.91 Å². The lowest BCUT2D eigenvalue weighted by molar-refractivity contribution is 0.102.